The summed E-state index contributed by atoms with van der Waals surface area (Å²) in [5.74, 6) is 2.73. The zero-order valence-electron chi connectivity index (χ0n) is 17.2. The lowest BCUT2D eigenvalue weighted by Crippen LogP contribution is -2.42. The number of methoxy groups -OCH3 is 3. The van der Waals surface area contributed by atoms with Gasteiger partial charge in [0, 0.05) is 20.1 Å². The molecule has 0 heterocycles. The first-order chi connectivity index (χ1) is 12.6. The number of aliphatic imine (C=N–C) groups is 1. The number of guanidine groups is 1. The summed E-state index contributed by atoms with van der Waals surface area (Å²) in [6, 6.07) is 3.90. The second-order valence-electron chi connectivity index (χ2n) is 6.87. The highest BCUT2D eigenvalue weighted by Gasteiger charge is 2.31. The summed E-state index contributed by atoms with van der Waals surface area (Å²) in [4.78, 5) is 4.36. The molecule has 0 bridgehead atoms. The quantitative estimate of drug-likeness (QED) is 0.328. The monoisotopic (exact) mass is 491 g/mol. The Morgan fingerprint density at radius 2 is 1.63 bits per heavy atom. The van der Waals surface area contributed by atoms with Crippen LogP contribution in [0.25, 0.3) is 0 Å². The predicted octanol–water partition coefficient (Wildman–Crippen LogP) is 3.97. The summed E-state index contributed by atoms with van der Waals surface area (Å²) >= 11 is 0. The molecule has 0 spiro atoms. The maximum Gasteiger partial charge on any atom is 0.203 e. The maximum absolute atomic E-state index is 5.42. The number of hydrogen-bond acceptors (Lipinski definition) is 4. The molecule has 1 aromatic carbocycles. The predicted molar refractivity (Wildman–Crippen MR) is 121 cm³/mol. The summed E-state index contributed by atoms with van der Waals surface area (Å²) in [5, 5.41) is 6.88. The Hall–Kier alpha value is -1.38. The van der Waals surface area contributed by atoms with Crippen LogP contribution in [-0.4, -0.2) is 40.9 Å². The van der Waals surface area contributed by atoms with Crippen LogP contribution in [0.4, 0.5) is 0 Å². The van der Waals surface area contributed by atoms with Crippen LogP contribution in [0.5, 0.6) is 17.2 Å². The third-order valence-corrected chi connectivity index (χ3v) is 5.45. The minimum atomic E-state index is 0. The lowest BCUT2D eigenvalue weighted by molar-refractivity contribution is 0.283. The van der Waals surface area contributed by atoms with E-state index in [4.69, 9.17) is 14.2 Å². The molecule has 1 aromatic rings. The van der Waals surface area contributed by atoms with E-state index in [0.29, 0.717) is 29.2 Å². The van der Waals surface area contributed by atoms with Crippen LogP contribution in [0, 0.1) is 5.41 Å². The molecule has 1 saturated carbocycles. The van der Waals surface area contributed by atoms with Crippen LogP contribution in [0.1, 0.15) is 44.6 Å². The number of ether oxygens (including phenoxy) is 3. The number of rotatable bonds is 8. The fraction of sp³-hybridized carbons (Fsp3) is 0.650. The van der Waals surface area contributed by atoms with Crippen molar-refractivity contribution in [3.8, 4) is 17.2 Å². The number of benzene rings is 1. The smallest absolute Gasteiger partial charge is 0.203 e. The molecule has 0 aliphatic heterocycles. The number of hydrogen-bond donors (Lipinski definition) is 2. The first-order valence-electron chi connectivity index (χ1n) is 9.34. The third kappa shape index (κ3) is 6.05. The van der Waals surface area contributed by atoms with Crippen molar-refractivity contribution in [2.45, 2.75) is 45.6 Å². The second-order valence-corrected chi connectivity index (χ2v) is 6.87. The summed E-state index contributed by atoms with van der Waals surface area (Å²) in [7, 11) is 6.66. The van der Waals surface area contributed by atoms with Crippen molar-refractivity contribution in [1.82, 2.24) is 10.6 Å². The summed E-state index contributed by atoms with van der Waals surface area (Å²) < 4.78 is 16.2. The van der Waals surface area contributed by atoms with Crippen LogP contribution in [0.2, 0.25) is 0 Å². The van der Waals surface area contributed by atoms with Gasteiger partial charge < -0.3 is 24.8 Å². The molecule has 27 heavy (non-hydrogen) atoms. The van der Waals surface area contributed by atoms with Gasteiger partial charge >= 0.3 is 0 Å². The lowest BCUT2D eigenvalue weighted by Gasteiger charge is -2.28. The van der Waals surface area contributed by atoms with Crippen LogP contribution in [-0.2, 0) is 6.54 Å². The van der Waals surface area contributed by atoms with Gasteiger partial charge in [0.25, 0.3) is 0 Å². The van der Waals surface area contributed by atoms with Gasteiger partial charge in [0.05, 0.1) is 21.3 Å². The molecule has 1 aliphatic carbocycles. The van der Waals surface area contributed by atoms with E-state index in [0.717, 1.165) is 18.1 Å². The number of halogens is 1. The van der Waals surface area contributed by atoms with E-state index in [-0.39, 0.29) is 24.0 Å². The summed E-state index contributed by atoms with van der Waals surface area (Å²) in [5.41, 5.74) is 1.46. The van der Waals surface area contributed by atoms with Crippen molar-refractivity contribution in [3.63, 3.8) is 0 Å². The van der Waals surface area contributed by atoms with Crippen LogP contribution in [0.3, 0.4) is 0 Å². The molecular formula is C20H34IN3O3. The summed E-state index contributed by atoms with van der Waals surface area (Å²) in [6.07, 6.45) is 6.50. The van der Waals surface area contributed by atoms with Gasteiger partial charge in [-0.15, -0.1) is 24.0 Å². The minimum absolute atomic E-state index is 0. The Balaban J connectivity index is 0.00000364. The summed E-state index contributed by atoms with van der Waals surface area (Å²) in [6.45, 7) is 3.88. The van der Waals surface area contributed by atoms with Crippen molar-refractivity contribution in [3.05, 3.63) is 17.7 Å². The molecule has 0 atom stereocenters. The normalized spacial score (nSPS) is 15.7. The first kappa shape index (κ1) is 23.7. The molecule has 7 heteroatoms. The van der Waals surface area contributed by atoms with Crippen molar-refractivity contribution < 1.29 is 14.2 Å². The van der Waals surface area contributed by atoms with Crippen LogP contribution >= 0.6 is 24.0 Å². The van der Waals surface area contributed by atoms with E-state index in [2.05, 4.69) is 22.5 Å². The molecule has 1 fully saturated rings. The van der Waals surface area contributed by atoms with Gasteiger partial charge in [-0.05, 0) is 42.4 Å². The van der Waals surface area contributed by atoms with Gasteiger partial charge in [-0.25, -0.2) is 0 Å². The molecule has 1 aliphatic rings. The maximum atomic E-state index is 5.42. The van der Waals surface area contributed by atoms with E-state index >= 15 is 0 Å². The fourth-order valence-corrected chi connectivity index (χ4v) is 3.70. The topological polar surface area (TPSA) is 64.1 Å². The molecule has 154 valence electrons. The third-order valence-electron chi connectivity index (χ3n) is 5.45. The van der Waals surface area contributed by atoms with E-state index in [1.54, 1.807) is 28.4 Å². The number of nitrogens with one attached hydrogen (secondary N) is 2. The average Bonchev–Trinajstić information content (AvgIpc) is 3.16. The molecule has 0 unspecified atom stereocenters. The van der Waals surface area contributed by atoms with Crippen molar-refractivity contribution >= 4 is 29.9 Å². The SMILES string of the molecule is CCC1(CNC(=NC)NCc2cc(OC)c(OC)c(OC)c2)CCCC1.I. The van der Waals surface area contributed by atoms with Gasteiger partial charge in [-0.2, -0.15) is 0 Å². The largest absolute Gasteiger partial charge is 0.493 e. The van der Waals surface area contributed by atoms with Crippen molar-refractivity contribution in [1.29, 1.82) is 0 Å². The highest BCUT2D eigenvalue weighted by molar-refractivity contribution is 14.0. The Bertz CT molecular complexity index is 591. The molecule has 0 saturated heterocycles. The van der Waals surface area contributed by atoms with Crippen molar-refractivity contribution in [2.24, 2.45) is 10.4 Å². The molecule has 0 amide bonds. The molecule has 0 aromatic heterocycles. The molecular weight excluding hydrogens is 457 g/mol. The Morgan fingerprint density at radius 1 is 1.04 bits per heavy atom. The van der Waals surface area contributed by atoms with Gasteiger partial charge in [0.1, 0.15) is 0 Å². The second kappa shape index (κ2) is 11.5. The highest BCUT2D eigenvalue weighted by Crippen LogP contribution is 2.40. The number of nitrogens with zero attached hydrogens (tertiary/aromatic N) is 1. The Kier molecular flexibility index (Phi) is 10.0. The Morgan fingerprint density at radius 3 is 2.07 bits per heavy atom. The standard InChI is InChI=1S/C20H33N3O3.HI/c1-6-20(9-7-8-10-20)14-23-19(21-2)22-13-15-11-16(24-3)18(26-5)17(12-15)25-4;/h11-12H,6-10,13-14H2,1-5H3,(H2,21,22,23);1H. The molecule has 2 rings (SSSR count). The van der Waals surface area contributed by atoms with E-state index in [9.17, 15) is 0 Å². The van der Waals surface area contributed by atoms with E-state index in [1.165, 1.54) is 32.1 Å². The molecule has 6 nitrogen and oxygen atoms in total. The van der Waals surface area contributed by atoms with Gasteiger partial charge in [0.15, 0.2) is 17.5 Å². The molecule has 0 radical (unpaired) electrons. The molecule has 2 N–H and O–H groups in total. The van der Waals surface area contributed by atoms with Gasteiger partial charge in [-0.1, -0.05) is 19.8 Å². The van der Waals surface area contributed by atoms with Gasteiger partial charge in [0.2, 0.25) is 5.75 Å². The van der Waals surface area contributed by atoms with Crippen LogP contribution in [0.15, 0.2) is 17.1 Å². The lowest BCUT2D eigenvalue weighted by atomic mass is 9.83. The first-order valence-corrected chi connectivity index (χ1v) is 9.34. The minimum Gasteiger partial charge on any atom is -0.493 e. The Labute approximate surface area is 180 Å². The highest BCUT2D eigenvalue weighted by atomic mass is 127. The van der Waals surface area contributed by atoms with Gasteiger partial charge in [-0.3, -0.25) is 4.99 Å². The fourth-order valence-electron chi connectivity index (χ4n) is 3.70. The zero-order chi connectivity index (χ0) is 19.0. The zero-order valence-corrected chi connectivity index (χ0v) is 19.5. The van der Waals surface area contributed by atoms with E-state index in [1.807, 2.05) is 12.1 Å². The van der Waals surface area contributed by atoms with Crippen LogP contribution < -0.4 is 24.8 Å². The van der Waals surface area contributed by atoms with Crippen molar-refractivity contribution in [2.75, 3.05) is 34.9 Å². The van der Waals surface area contributed by atoms with E-state index < -0.39 is 0 Å². The average molecular weight is 491 g/mol.